The zero-order valence-electron chi connectivity index (χ0n) is 13.8. The molecule has 0 aromatic heterocycles. The zero-order chi connectivity index (χ0) is 15.7. The molecule has 128 valence electrons. The summed E-state index contributed by atoms with van der Waals surface area (Å²) in [6.45, 7) is 6.11. The Balaban J connectivity index is 1.76. The molecule has 0 N–H and O–H groups in total. The molecule has 0 amide bonds. The minimum atomic E-state index is -3.38. The third-order valence-corrected chi connectivity index (χ3v) is 7.64. The van der Waals surface area contributed by atoms with Gasteiger partial charge in [-0.05, 0) is 38.6 Å². The molecule has 7 heteroatoms. The van der Waals surface area contributed by atoms with Gasteiger partial charge in [0.25, 0.3) is 10.2 Å². The lowest BCUT2D eigenvalue weighted by Gasteiger charge is -2.45. The lowest BCUT2D eigenvalue weighted by atomic mass is 10.1. The van der Waals surface area contributed by atoms with Crippen LogP contribution in [0, 0.1) is 0 Å². The summed E-state index contributed by atoms with van der Waals surface area (Å²) in [6.07, 6.45) is 4.81. The second kappa shape index (κ2) is 6.73. The van der Waals surface area contributed by atoms with Crippen molar-refractivity contribution in [1.29, 1.82) is 0 Å². The van der Waals surface area contributed by atoms with Gasteiger partial charge in [-0.3, -0.25) is 4.90 Å². The van der Waals surface area contributed by atoms with Crippen molar-refractivity contribution in [2.24, 2.45) is 0 Å². The van der Waals surface area contributed by atoms with Crippen molar-refractivity contribution in [2.45, 2.75) is 57.2 Å². The van der Waals surface area contributed by atoms with E-state index in [0.717, 1.165) is 38.8 Å². The molecule has 22 heavy (non-hydrogen) atoms. The van der Waals surface area contributed by atoms with E-state index in [-0.39, 0.29) is 12.1 Å². The van der Waals surface area contributed by atoms with Gasteiger partial charge in [-0.15, -0.1) is 0 Å². The van der Waals surface area contributed by atoms with Gasteiger partial charge in [-0.25, -0.2) is 0 Å². The molecule has 0 saturated carbocycles. The molecular formula is C15H29N3O3S. The highest BCUT2D eigenvalue weighted by Crippen LogP contribution is 2.29. The standard InChI is InChI=1S/C15H29N3O3S/c1-3-13-11-17-8-4-5-15(17)12-18(13)22(19,20)16(2)14-6-9-21-10-7-14/h13-15H,3-12H2,1-2H3/t13-,15-/m0/s1. The number of piperazine rings is 1. The molecule has 0 bridgehead atoms. The van der Waals surface area contributed by atoms with E-state index in [2.05, 4.69) is 11.8 Å². The molecule has 0 radical (unpaired) electrons. The Bertz CT molecular complexity index is 478. The minimum absolute atomic E-state index is 0.0814. The van der Waals surface area contributed by atoms with E-state index in [1.165, 1.54) is 6.42 Å². The fourth-order valence-electron chi connectivity index (χ4n) is 4.08. The number of ether oxygens (including phenoxy) is 1. The molecule has 0 spiro atoms. The Kier molecular flexibility index (Phi) is 5.09. The third kappa shape index (κ3) is 3.06. The van der Waals surface area contributed by atoms with Crippen LogP contribution in [0.3, 0.4) is 0 Å². The molecule has 0 unspecified atom stereocenters. The average molecular weight is 331 g/mol. The van der Waals surface area contributed by atoms with Crippen LogP contribution in [-0.2, 0) is 14.9 Å². The maximum absolute atomic E-state index is 13.1. The SMILES string of the molecule is CC[C@H]1CN2CCC[C@H]2CN1S(=O)(=O)N(C)C1CCOCC1. The summed E-state index contributed by atoms with van der Waals surface area (Å²) in [4.78, 5) is 2.48. The van der Waals surface area contributed by atoms with Gasteiger partial charge in [-0.1, -0.05) is 6.92 Å². The Morgan fingerprint density at radius 1 is 1.18 bits per heavy atom. The highest BCUT2D eigenvalue weighted by atomic mass is 32.2. The monoisotopic (exact) mass is 331 g/mol. The summed E-state index contributed by atoms with van der Waals surface area (Å²) in [7, 11) is -1.63. The maximum atomic E-state index is 13.1. The van der Waals surface area contributed by atoms with Crippen LogP contribution in [0.2, 0.25) is 0 Å². The largest absolute Gasteiger partial charge is 0.381 e. The fraction of sp³-hybridized carbons (Fsp3) is 1.00. The minimum Gasteiger partial charge on any atom is -0.381 e. The van der Waals surface area contributed by atoms with Crippen LogP contribution in [0.15, 0.2) is 0 Å². The highest BCUT2D eigenvalue weighted by Gasteiger charge is 2.43. The van der Waals surface area contributed by atoms with Crippen LogP contribution in [0.4, 0.5) is 0 Å². The summed E-state index contributed by atoms with van der Waals surface area (Å²) in [5.74, 6) is 0. The second-order valence-corrected chi connectivity index (χ2v) is 8.73. The van der Waals surface area contributed by atoms with Crippen LogP contribution in [-0.4, -0.2) is 79.9 Å². The van der Waals surface area contributed by atoms with Gasteiger partial charge in [0, 0.05) is 51.5 Å². The van der Waals surface area contributed by atoms with Crippen LogP contribution >= 0.6 is 0 Å². The summed E-state index contributed by atoms with van der Waals surface area (Å²) < 4.78 is 35.0. The molecule has 6 nitrogen and oxygen atoms in total. The first kappa shape index (κ1) is 16.6. The number of hydrogen-bond donors (Lipinski definition) is 0. The van der Waals surface area contributed by atoms with Crippen molar-refractivity contribution in [1.82, 2.24) is 13.5 Å². The maximum Gasteiger partial charge on any atom is 0.282 e. The smallest absolute Gasteiger partial charge is 0.282 e. The first-order valence-corrected chi connectivity index (χ1v) is 10.00. The zero-order valence-corrected chi connectivity index (χ0v) is 14.6. The molecule has 3 aliphatic rings. The first-order valence-electron chi connectivity index (χ1n) is 8.60. The van der Waals surface area contributed by atoms with E-state index in [9.17, 15) is 8.42 Å². The average Bonchev–Trinajstić information content (AvgIpc) is 3.01. The number of nitrogens with zero attached hydrogens (tertiary/aromatic N) is 3. The van der Waals surface area contributed by atoms with Crippen LogP contribution in [0.1, 0.15) is 39.0 Å². The molecule has 3 rings (SSSR count). The van der Waals surface area contributed by atoms with Gasteiger partial charge in [0.15, 0.2) is 0 Å². The Hall–Kier alpha value is -0.210. The number of hydrogen-bond acceptors (Lipinski definition) is 4. The Labute approximate surface area is 134 Å². The number of rotatable bonds is 4. The molecule has 3 fully saturated rings. The fourth-order valence-corrected chi connectivity index (χ4v) is 5.95. The Morgan fingerprint density at radius 3 is 2.59 bits per heavy atom. The quantitative estimate of drug-likeness (QED) is 0.768. The predicted molar refractivity (Wildman–Crippen MR) is 85.9 cm³/mol. The Morgan fingerprint density at radius 2 is 1.91 bits per heavy atom. The first-order chi connectivity index (χ1) is 10.5. The van der Waals surface area contributed by atoms with Gasteiger partial charge in [0.1, 0.15) is 0 Å². The van der Waals surface area contributed by atoms with E-state index in [0.29, 0.717) is 25.8 Å². The predicted octanol–water partition coefficient (Wildman–Crippen LogP) is 0.901. The lowest BCUT2D eigenvalue weighted by Crippen LogP contribution is -2.61. The molecule has 0 aromatic rings. The van der Waals surface area contributed by atoms with E-state index in [4.69, 9.17) is 4.74 Å². The molecule has 3 aliphatic heterocycles. The summed E-state index contributed by atoms with van der Waals surface area (Å²) in [6, 6.07) is 0.611. The molecule has 0 aliphatic carbocycles. The van der Waals surface area contributed by atoms with Gasteiger partial charge in [0.2, 0.25) is 0 Å². The van der Waals surface area contributed by atoms with Crippen LogP contribution in [0.5, 0.6) is 0 Å². The summed E-state index contributed by atoms with van der Waals surface area (Å²) in [5, 5.41) is 0. The van der Waals surface area contributed by atoms with Crippen LogP contribution < -0.4 is 0 Å². The van der Waals surface area contributed by atoms with Crippen molar-refractivity contribution in [3.05, 3.63) is 0 Å². The second-order valence-electron chi connectivity index (χ2n) is 6.79. The molecular weight excluding hydrogens is 302 g/mol. The molecule has 2 atom stereocenters. The van der Waals surface area contributed by atoms with Crippen molar-refractivity contribution in [3.63, 3.8) is 0 Å². The van der Waals surface area contributed by atoms with E-state index in [1.807, 2.05) is 0 Å². The van der Waals surface area contributed by atoms with E-state index < -0.39 is 10.2 Å². The topological polar surface area (TPSA) is 53.1 Å². The van der Waals surface area contributed by atoms with E-state index in [1.54, 1.807) is 15.7 Å². The lowest BCUT2D eigenvalue weighted by molar-refractivity contribution is 0.0574. The third-order valence-electron chi connectivity index (χ3n) is 5.58. The summed E-state index contributed by atoms with van der Waals surface area (Å²) in [5.41, 5.74) is 0. The van der Waals surface area contributed by atoms with Gasteiger partial charge >= 0.3 is 0 Å². The van der Waals surface area contributed by atoms with Crippen molar-refractivity contribution >= 4 is 10.2 Å². The summed E-state index contributed by atoms with van der Waals surface area (Å²) >= 11 is 0. The molecule has 3 saturated heterocycles. The molecule has 0 aromatic carbocycles. The number of fused-ring (bicyclic) bond motifs is 1. The van der Waals surface area contributed by atoms with E-state index >= 15 is 0 Å². The van der Waals surface area contributed by atoms with Gasteiger partial charge in [0.05, 0.1) is 0 Å². The molecule has 3 heterocycles. The van der Waals surface area contributed by atoms with Gasteiger partial charge in [-0.2, -0.15) is 17.0 Å². The van der Waals surface area contributed by atoms with Crippen LogP contribution in [0.25, 0.3) is 0 Å². The normalized spacial score (nSPS) is 32.5. The van der Waals surface area contributed by atoms with Gasteiger partial charge < -0.3 is 4.74 Å². The van der Waals surface area contributed by atoms with Crippen molar-refractivity contribution in [3.8, 4) is 0 Å². The van der Waals surface area contributed by atoms with Crippen molar-refractivity contribution in [2.75, 3.05) is 39.9 Å². The van der Waals surface area contributed by atoms with Crippen molar-refractivity contribution < 1.29 is 13.2 Å². The highest BCUT2D eigenvalue weighted by molar-refractivity contribution is 7.86.